The third kappa shape index (κ3) is 4.11. The van der Waals surface area contributed by atoms with Gasteiger partial charge in [0.05, 0.1) is 17.5 Å². The third-order valence-electron chi connectivity index (χ3n) is 2.76. The Kier molecular flexibility index (Phi) is 5.04. The Morgan fingerprint density at radius 1 is 1.17 bits per heavy atom. The van der Waals surface area contributed by atoms with Crippen molar-refractivity contribution in [1.82, 2.24) is 4.72 Å². The minimum absolute atomic E-state index is 0.205. The number of carbonyl (C=O) groups is 1. The number of aldehydes is 1. The lowest BCUT2D eigenvalue weighted by molar-refractivity contribution is -0.385. The first-order valence-corrected chi connectivity index (χ1v) is 7.87. The summed E-state index contributed by atoms with van der Waals surface area (Å²) >= 11 is 0. The van der Waals surface area contributed by atoms with E-state index in [0.29, 0.717) is 12.0 Å². The molecule has 2 rings (SSSR count). The van der Waals surface area contributed by atoms with Crippen LogP contribution in [0.4, 0.5) is 5.69 Å². The molecule has 0 radical (unpaired) electrons. The number of nitrogens with one attached hydrogen (secondary N) is 1. The highest BCUT2D eigenvalue weighted by molar-refractivity contribution is 7.89. The van der Waals surface area contributed by atoms with Gasteiger partial charge in [0.25, 0.3) is 5.69 Å². The average molecular weight is 336 g/mol. The molecule has 0 atom stereocenters. The molecule has 0 aromatic heterocycles. The van der Waals surface area contributed by atoms with Gasteiger partial charge < -0.3 is 9.53 Å². The lowest BCUT2D eigenvalue weighted by Gasteiger charge is -2.11. The second kappa shape index (κ2) is 6.99. The number of hydrogen-bond acceptors (Lipinski definition) is 6. The first-order valence-electron chi connectivity index (χ1n) is 6.38. The number of non-ortho nitro benzene ring substituents is 1. The van der Waals surface area contributed by atoms with Gasteiger partial charge in [0.2, 0.25) is 10.0 Å². The molecular formula is C14H12N2O6S. The number of hydrogen-bond donors (Lipinski definition) is 1. The molecule has 0 saturated heterocycles. The third-order valence-corrected chi connectivity index (χ3v) is 4.22. The van der Waals surface area contributed by atoms with Crippen molar-refractivity contribution < 1.29 is 22.9 Å². The molecule has 0 spiro atoms. The Bertz CT molecular complexity index is 820. The van der Waals surface area contributed by atoms with Gasteiger partial charge in [-0.1, -0.05) is 18.2 Å². The van der Waals surface area contributed by atoms with E-state index in [1.807, 2.05) is 0 Å². The highest BCUT2D eigenvalue weighted by Crippen LogP contribution is 2.32. The largest absolute Gasteiger partial charge is 0.456 e. The highest BCUT2D eigenvalue weighted by atomic mass is 32.2. The van der Waals surface area contributed by atoms with Gasteiger partial charge in [-0.15, -0.1) is 0 Å². The smallest absolute Gasteiger partial charge is 0.273 e. The highest BCUT2D eigenvalue weighted by Gasteiger charge is 2.22. The van der Waals surface area contributed by atoms with Crippen LogP contribution < -0.4 is 9.46 Å². The zero-order chi connectivity index (χ0) is 16.9. The molecule has 0 aliphatic carbocycles. The van der Waals surface area contributed by atoms with E-state index in [-0.39, 0.29) is 16.3 Å². The lowest BCUT2D eigenvalue weighted by Crippen LogP contribution is -2.25. The Hall–Kier alpha value is -2.78. The number of para-hydroxylation sites is 1. The van der Waals surface area contributed by atoms with Crippen LogP contribution in [0.15, 0.2) is 53.4 Å². The van der Waals surface area contributed by atoms with Gasteiger partial charge in [-0.3, -0.25) is 10.1 Å². The van der Waals surface area contributed by atoms with E-state index in [4.69, 9.17) is 4.74 Å². The number of nitrogens with zero attached hydrogens (tertiary/aromatic N) is 1. The van der Waals surface area contributed by atoms with Gasteiger partial charge in [0.15, 0.2) is 5.75 Å². The lowest BCUT2D eigenvalue weighted by atomic mass is 10.3. The van der Waals surface area contributed by atoms with Crippen molar-refractivity contribution >= 4 is 22.0 Å². The molecule has 1 N–H and O–H groups in total. The number of nitro groups is 1. The summed E-state index contributed by atoms with van der Waals surface area (Å²) < 4.78 is 31.8. The van der Waals surface area contributed by atoms with E-state index >= 15 is 0 Å². The summed E-state index contributed by atoms with van der Waals surface area (Å²) in [5.41, 5.74) is -0.315. The molecule has 0 fully saturated rings. The molecule has 120 valence electrons. The van der Waals surface area contributed by atoms with Gasteiger partial charge in [0.1, 0.15) is 16.9 Å². The molecule has 0 aliphatic rings. The Labute approximate surface area is 131 Å². The standard InChI is InChI=1S/C14H12N2O6S/c17-9-8-15-23(20,21)14-7-6-11(16(18)19)10-13(14)22-12-4-2-1-3-5-12/h1-7,9-10,15H,8H2. The van der Waals surface area contributed by atoms with Crippen molar-refractivity contribution in [3.8, 4) is 11.5 Å². The van der Waals surface area contributed by atoms with Crippen LogP contribution in [0.25, 0.3) is 0 Å². The summed E-state index contributed by atoms with van der Waals surface area (Å²) in [5, 5.41) is 10.9. The molecule has 9 heteroatoms. The minimum Gasteiger partial charge on any atom is -0.456 e. The average Bonchev–Trinajstić information content (AvgIpc) is 2.53. The molecule has 0 bridgehead atoms. The second-order valence-electron chi connectivity index (χ2n) is 4.32. The van der Waals surface area contributed by atoms with E-state index in [1.165, 1.54) is 0 Å². The van der Waals surface area contributed by atoms with Gasteiger partial charge in [-0.25, -0.2) is 13.1 Å². The number of rotatable bonds is 7. The van der Waals surface area contributed by atoms with Crippen LogP contribution in [0.5, 0.6) is 11.5 Å². The number of sulfonamides is 1. The minimum atomic E-state index is -4.04. The van der Waals surface area contributed by atoms with Crippen LogP contribution in [-0.4, -0.2) is 26.2 Å². The molecule has 0 amide bonds. The van der Waals surface area contributed by atoms with Crippen LogP contribution in [-0.2, 0) is 14.8 Å². The molecule has 2 aromatic carbocycles. The van der Waals surface area contributed by atoms with Crippen molar-refractivity contribution in [2.45, 2.75) is 4.90 Å². The first kappa shape index (κ1) is 16.6. The fraction of sp³-hybridized carbons (Fsp3) is 0.0714. The summed E-state index contributed by atoms with van der Waals surface area (Å²) in [6.45, 7) is -0.413. The monoisotopic (exact) mass is 336 g/mol. The summed E-state index contributed by atoms with van der Waals surface area (Å²) in [5.74, 6) is 0.114. The SMILES string of the molecule is O=CCNS(=O)(=O)c1ccc([N+](=O)[O-])cc1Oc1ccccc1. The first-order chi connectivity index (χ1) is 10.9. The maximum atomic E-state index is 12.2. The molecule has 0 saturated carbocycles. The number of benzene rings is 2. The van der Waals surface area contributed by atoms with Gasteiger partial charge in [0, 0.05) is 6.07 Å². The Balaban J connectivity index is 2.49. The topological polar surface area (TPSA) is 116 Å². The quantitative estimate of drug-likeness (QED) is 0.469. The second-order valence-corrected chi connectivity index (χ2v) is 6.06. The molecule has 0 heterocycles. The van der Waals surface area contributed by atoms with Crippen molar-refractivity contribution in [1.29, 1.82) is 0 Å². The molecule has 23 heavy (non-hydrogen) atoms. The molecule has 2 aromatic rings. The van der Waals surface area contributed by atoms with Gasteiger partial charge in [-0.2, -0.15) is 0 Å². The van der Waals surface area contributed by atoms with Crippen LogP contribution in [0, 0.1) is 10.1 Å². The normalized spacial score (nSPS) is 11.0. The summed E-state index contributed by atoms with van der Waals surface area (Å²) in [6.07, 6.45) is 0.390. The Morgan fingerprint density at radius 3 is 2.48 bits per heavy atom. The van der Waals surface area contributed by atoms with Crippen LogP contribution >= 0.6 is 0 Å². The molecule has 0 unspecified atom stereocenters. The zero-order valence-electron chi connectivity index (χ0n) is 11.7. The summed E-state index contributed by atoms with van der Waals surface area (Å²) in [7, 11) is -4.04. The van der Waals surface area contributed by atoms with Crippen LogP contribution in [0.3, 0.4) is 0 Å². The number of ether oxygens (including phenoxy) is 1. The van der Waals surface area contributed by atoms with Crippen molar-refractivity contribution in [2.75, 3.05) is 6.54 Å². The molecule has 0 aliphatic heterocycles. The fourth-order valence-electron chi connectivity index (χ4n) is 1.75. The molecular weight excluding hydrogens is 324 g/mol. The zero-order valence-corrected chi connectivity index (χ0v) is 12.5. The van der Waals surface area contributed by atoms with Crippen molar-refractivity contribution in [3.63, 3.8) is 0 Å². The maximum Gasteiger partial charge on any atom is 0.273 e. The fourth-order valence-corrected chi connectivity index (χ4v) is 2.80. The number of nitro benzene ring substituents is 1. The van der Waals surface area contributed by atoms with Crippen LogP contribution in [0.2, 0.25) is 0 Å². The van der Waals surface area contributed by atoms with Crippen LogP contribution in [0.1, 0.15) is 0 Å². The van der Waals surface area contributed by atoms with E-state index in [1.54, 1.807) is 30.3 Å². The van der Waals surface area contributed by atoms with E-state index in [9.17, 15) is 23.3 Å². The Morgan fingerprint density at radius 2 is 1.87 bits per heavy atom. The van der Waals surface area contributed by atoms with Gasteiger partial charge >= 0.3 is 0 Å². The van der Waals surface area contributed by atoms with Gasteiger partial charge in [-0.05, 0) is 18.2 Å². The van der Waals surface area contributed by atoms with E-state index in [0.717, 1.165) is 18.2 Å². The van der Waals surface area contributed by atoms with E-state index < -0.39 is 21.5 Å². The van der Waals surface area contributed by atoms with Crippen molar-refractivity contribution in [3.05, 3.63) is 58.6 Å². The van der Waals surface area contributed by atoms with Crippen molar-refractivity contribution in [2.24, 2.45) is 0 Å². The molecule has 8 nitrogen and oxygen atoms in total. The predicted molar refractivity (Wildman–Crippen MR) is 80.9 cm³/mol. The maximum absolute atomic E-state index is 12.2. The summed E-state index contributed by atoms with van der Waals surface area (Å²) in [6, 6.07) is 11.4. The number of carbonyl (C=O) groups excluding carboxylic acids is 1. The predicted octanol–water partition coefficient (Wildman–Crippen LogP) is 1.86. The van der Waals surface area contributed by atoms with E-state index in [2.05, 4.69) is 4.72 Å². The summed E-state index contributed by atoms with van der Waals surface area (Å²) in [4.78, 5) is 20.3.